The minimum Gasteiger partial charge on any atom is -0.445 e. The number of rotatable bonds is 6. The average molecular weight is 304 g/mol. The highest BCUT2D eigenvalue weighted by atomic mass is 16.5. The third-order valence-electron chi connectivity index (χ3n) is 4.19. The molecule has 1 aromatic rings. The number of hydrogen-bond acceptors (Lipinski definition) is 4. The van der Waals surface area contributed by atoms with E-state index in [1.54, 1.807) is 0 Å². The van der Waals surface area contributed by atoms with Gasteiger partial charge in [0, 0.05) is 13.2 Å². The van der Waals surface area contributed by atoms with Gasteiger partial charge in [0.1, 0.15) is 6.61 Å². The predicted octanol–water partition coefficient (Wildman–Crippen LogP) is 2.07. The van der Waals surface area contributed by atoms with Crippen LogP contribution < -0.4 is 10.6 Å². The van der Waals surface area contributed by atoms with Crippen molar-refractivity contribution in [2.75, 3.05) is 19.7 Å². The first kappa shape index (κ1) is 15.3. The molecule has 2 unspecified atom stereocenters. The van der Waals surface area contributed by atoms with Crippen molar-refractivity contribution in [3.63, 3.8) is 0 Å². The zero-order valence-electron chi connectivity index (χ0n) is 12.8. The van der Waals surface area contributed by atoms with Gasteiger partial charge < -0.3 is 20.1 Å². The van der Waals surface area contributed by atoms with Gasteiger partial charge in [0.05, 0.1) is 12.1 Å². The molecule has 1 aliphatic carbocycles. The molecule has 1 saturated carbocycles. The highest BCUT2D eigenvalue weighted by Gasteiger charge is 2.30. The van der Waals surface area contributed by atoms with E-state index >= 15 is 0 Å². The van der Waals surface area contributed by atoms with Crippen molar-refractivity contribution in [3.8, 4) is 0 Å². The number of alkyl carbamates (subject to hydrolysis) is 1. The van der Waals surface area contributed by atoms with Gasteiger partial charge in [0.2, 0.25) is 0 Å². The summed E-state index contributed by atoms with van der Waals surface area (Å²) in [4.78, 5) is 12.0. The molecule has 2 aliphatic rings. The first-order chi connectivity index (χ1) is 10.8. The summed E-state index contributed by atoms with van der Waals surface area (Å²) in [5.74, 6) is 0.729. The van der Waals surface area contributed by atoms with Crippen molar-refractivity contribution in [3.05, 3.63) is 35.9 Å². The average Bonchev–Trinajstić information content (AvgIpc) is 3.37. The van der Waals surface area contributed by atoms with Gasteiger partial charge in [-0.3, -0.25) is 0 Å². The molecule has 1 amide bonds. The number of ether oxygens (including phenoxy) is 2. The maximum absolute atomic E-state index is 12.0. The normalized spacial score (nSPS) is 24.7. The molecule has 0 aromatic heterocycles. The molecule has 1 aliphatic heterocycles. The highest BCUT2D eigenvalue weighted by molar-refractivity contribution is 5.67. The first-order valence-electron chi connectivity index (χ1n) is 8.11. The van der Waals surface area contributed by atoms with Crippen LogP contribution in [0.4, 0.5) is 4.79 Å². The summed E-state index contributed by atoms with van der Waals surface area (Å²) in [7, 11) is 0. The number of carbonyl (C=O) groups excluding carboxylic acids is 1. The Hall–Kier alpha value is -1.59. The van der Waals surface area contributed by atoms with Crippen molar-refractivity contribution in [2.24, 2.45) is 5.92 Å². The standard InChI is InChI=1S/C17H24N2O3/c20-17(22-12-13-4-2-1-3-5-13)19-15-8-9-18-10-16(15)21-11-14-6-7-14/h1-5,14-16,18H,6-12H2,(H,19,20). The fourth-order valence-corrected chi connectivity index (χ4v) is 2.63. The number of hydrogen-bond donors (Lipinski definition) is 2. The molecule has 5 nitrogen and oxygen atoms in total. The number of amides is 1. The van der Waals surface area contributed by atoms with Crippen LogP contribution in [0, 0.1) is 5.92 Å². The molecule has 2 N–H and O–H groups in total. The van der Waals surface area contributed by atoms with Gasteiger partial charge in [0.15, 0.2) is 0 Å². The molecule has 0 radical (unpaired) electrons. The lowest BCUT2D eigenvalue weighted by atomic mass is 10.0. The third kappa shape index (κ3) is 4.71. The first-order valence-corrected chi connectivity index (χ1v) is 8.11. The fourth-order valence-electron chi connectivity index (χ4n) is 2.63. The molecular weight excluding hydrogens is 280 g/mol. The van der Waals surface area contributed by atoms with Gasteiger partial charge >= 0.3 is 6.09 Å². The van der Waals surface area contributed by atoms with Crippen LogP contribution in [-0.4, -0.2) is 37.9 Å². The van der Waals surface area contributed by atoms with Crippen molar-refractivity contribution in [2.45, 2.75) is 38.0 Å². The minimum atomic E-state index is -0.365. The van der Waals surface area contributed by atoms with Crippen molar-refractivity contribution < 1.29 is 14.3 Å². The number of benzene rings is 1. The highest BCUT2D eigenvalue weighted by Crippen LogP contribution is 2.29. The van der Waals surface area contributed by atoms with E-state index in [2.05, 4.69) is 10.6 Å². The van der Waals surface area contributed by atoms with E-state index in [9.17, 15) is 4.79 Å². The Morgan fingerprint density at radius 2 is 2.05 bits per heavy atom. The molecule has 120 valence electrons. The maximum atomic E-state index is 12.0. The molecule has 5 heteroatoms. The largest absolute Gasteiger partial charge is 0.445 e. The number of nitrogens with one attached hydrogen (secondary N) is 2. The molecule has 0 spiro atoms. The van der Waals surface area contributed by atoms with E-state index in [0.29, 0.717) is 6.61 Å². The van der Waals surface area contributed by atoms with Gasteiger partial charge in [-0.05, 0) is 37.3 Å². The summed E-state index contributed by atoms with van der Waals surface area (Å²) in [5, 5.41) is 6.28. The SMILES string of the molecule is O=C(NC1CCNCC1OCC1CC1)OCc1ccccc1. The Labute approximate surface area is 131 Å². The van der Waals surface area contributed by atoms with Crippen LogP contribution in [0.3, 0.4) is 0 Å². The molecule has 22 heavy (non-hydrogen) atoms. The molecular formula is C17H24N2O3. The fraction of sp³-hybridized carbons (Fsp3) is 0.588. The maximum Gasteiger partial charge on any atom is 0.407 e. The molecule has 1 heterocycles. The second-order valence-electron chi connectivity index (χ2n) is 6.12. The summed E-state index contributed by atoms with van der Waals surface area (Å²) in [6, 6.07) is 9.73. The molecule has 3 rings (SSSR count). The van der Waals surface area contributed by atoms with Gasteiger partial charge in [-0.2, -0.15) is 0 Å². The van der Waals surface area contributed by atoms with E-state index < -0.39 is 0 Å². The topological polar surface area (TPSA) is 59.6 Å². The van der Waals surface area contributed by atoms with Crippen LogP contribution in [0.1, 0.15) is 24.8 Å². The van der Waals surface area contributed by atoms with Crippen LogP contribution in [0.2, 0.25) is 0 Å². The Balaban J connectivity index is 1.43. The monoisotopic (exact) mass is 304 g/mol. The number of piperidine rings is 1. The predicted molar refractivity (Wildman–Crippen MR) is 83.5 cm³/mol. The van der Waals surface area contributed by atoms with Crippen molar-refractivity contribution in [1.29, 1.82) is 0 Å². The van der Waals surface area contributed by atoms with Gasteiger partial charge in [-0.25, -0.2) is 4.79 Å². The molecule has 2 fully saturated rings. The molecule has 2 atom stereocenters. The van der Waals surface area contributed by atoms with Crippen molar-refractivity contribution in [1.82, 2.24) is 10.6 Å². The lowest BCUT2D eigenvalue weighted by Crippen LogP contribution is -2.54. The Kier molecular flexibility index (Phi) is 5.29. The van der Waals surface area contributed by atoms with E-state index in [-0.39, 0.29) is 18.2 Å². The van der Waals surface area contributed by atoms with E-state index in [4.69, 9.17) is 9.47 Å². The van der Waals surface area contributed by atoms with E-state index in [1.807, 2.05) is 30.3 Å². The summed E-state index contributed by atoms with van der Waals surface area (Å²) in [6.07, 6.45) is 3.10. The molecule has 1 aromatic carbocycles. The van der Waals surface area contributed by atoms with Crippen LogP contribution in [0.15, 0.2) is 30.3 Å². The Morgan fingerprint density at radius 3 is 2.82 bits per heavy atom. The summed E-state index contributed by atoms with van der Waals surface area (Å²) in [5.41, 5.74) is 0.990. The van der Waals surface area contributed by atoms with E-state index in [1.165, 1.54) is 12.8 Å². The minimum absolute atomic E-state index is 0.0308. The lowest BCUT2D eigenvalue weighted by Gasteiger charge is -2.32. The van der Waals surface area contributed by atoms with Crippen molar-refractivity contribution >= 4 is 6.09 Å². The zero-order chi connectivity index (χ0) is 15.2. The summed E-state index contributed by atoms with van der Waals surface area (Å²) in [6.45, 7) is 2.79. The smallest absolute Gasteiger partial charge is 0.407 e. The second kappa shape index (κ2) is 7.61. The molecule has 0 bridgehead atoms. The van der Waals surface area contributed by atoms with Crippen LogP contribution >= 0.6 is 0 Å². The molecule has 1 saturated heterocycles. The van der Waals surface area contributed by atoms with E-state index in [0.717, 1.165) is 37.6 Å². The quantitative estimate of drug-likeness (QED) is 0.845. The Morgan fingerprint density at radius 1 is 1.23 bits per heavy atom. The van der Waals surface area contributed by atoms with Gasteiger partial charge in [-0.15, -0.1) is 0 Å². The van der Waals surface area contributed by atoms with Crippen LogP contribution in [-0.2, 0) is 16.1 Å². The second-order valence-corrected chi connectivity index (χ2v) is 6.12. The van der Waals surface area contributed by atoms with Gasteiger partial charge in [-0.1, -0.05) is 30.3 Å². The van der Waals surface area contributed by atoms with Crippen LogP contribution in [0.25, 0.3) is 0 Å². The number of carbonyl (C=O) groups is 1. The Bertz CT molecular complexity index is 476. The zero-order valence-corrected chi connectivity index (χ0v) is 12.8. The van der Waals surface area contributed by atoms with Crippen LogP contribution in [0.5, 0.6) is 0 Å². The third-order valence-corrected chi connectivity index (χ3v) is 4.19. The summed E-state index contributed by atoms with van der Waals surface area (Å²) >= 11 is 0. The lowest BCUT2D eigenvalue weighted by molar-refractivity contribution is 0.00723. The van der Waals surface area contributed by atoms with Gasteiger partial charge in [0.25, 0.3) is 0 Å². The summed E-state index contributed by atoms with van der Waals surface area (Å²) < 4.78 is 11.2.